The topological polar surface area (TPSA) is 83.0 Å². The van der Waals surface area contributed by atoms with Crippen LogP contribution in [0.1, 0.15) is 35.9 Å². The molecule has 6 nitrogen and oxygen atoms in total. The highest BCUT2D eigenvalue weighted by molar-refractivity contribution is 5.88. The Hall–Kier alpha value is -1.64. The molecule has 1 aromatic rings. The van der Waals surface area contributed by atoms with E-state index in [1.807, 2.05) is 0 Å². The van der Waals surface area contributed by atoms with E-state index >= 15 is 0 Å². The van der Waals surface area contributed by atoms with Crippen molar-refractivity contribution < 1.29 is 22.7 Å². The van der Waals surface area contributed by atoms with E-state index in [0.717, 1.165) is 0 Å². The van der Waals surface area contributed by atoms with Gasteiger partial charge in [-0.1, -0.05) is 5.21 Å². The van der Waals surface area contributed by atoms with E-state index in [1.165, 1.54) is 4.68 Å². The third kappa shape index (κ3) is 4.51. The highest BCUT2D eigenvalue weighted by Gasteiger charge is 2.27. The minimum Gasteiger partial charge on any atom is -0.461 e. The number of halogens is 3. The Balaban J connectivity index is 2.72. The van der Waals surface area contributed by atoms with Gasteiger partial charge in [-0.05, 0) is 13.3 Å². The zero-order chi connectivity index (χ0) is 14.5. The number of esters is 1. The summed E-state index contributed by atoms with van der Waals surface area (Å²) in [4.78, 5) is 11.5. The van der Waals surface area contributed by atoms with Crippen LogP contribution >= 0.6 is 0 Å². The van der Waals surface area contributed by atoms with Gasteiger partial charge in [0, 0.05) is 19.5 Å². The normalized spacial score (nSPS) is 11.6. The molecule has 0 aliphatic heterocycles. The van der Waals surface area contributed by atoms with E-state index in [1.54, 1.807) is 6.92 Å². The fourth-order valence-electron chi connectivity index (χ4n) is 1.50. The number of nitrogens with zero attached hydrogens (tertiary/aromatic N) is 3. The van der Waals surface area contributed by atoms with Crippen LogP contribution in [0, 0.1) is 0 Å². The number of carbonyl (C=O) groups is 1. The lowest BCUT2D eigenvalue weighted by molar-refractivity contribution is -0.136. The first kappa shape index (κ1) is 15.4. The molecule has 1 rings (SSSR count). The number of nitrogens with two attached hydrogens (primary N) is 1. The van der Waals surface area contributed by atoms with E-state index in [4.69, 9.17) is 10.5 Å². The number of ether oxygens (including phenoxy) is 1. The molecule has 0 aliphatic carbocycles. The van der Waals surface area contributed by atoms with Gasteiger partial charge in [-0.25, -0.2) is 9.48 Å². The molecule has 0 aromatic carbocycles. The quantitative estimate of drug-likeness (QED) is 0.793. The summed E-state index contributed by atoms with van der Waals surface area (Å²) in [5.74, 6) is -0.676. The van der Waals surface area contributed by atoms with Gasteiger partial charge in [0.1, 0.15) is 0 Å². The largest absolute Gasteiger partial charge is 0.461 e. The predicted molar refractivity (Wildman–Crippen MR) is 59.2 cm³/mol. The third-order valence-electron chi connectivity index (χ3n) is 2.33. The molecule has 108 valence electrons. The summed E-state index contributed by atoms with van der Waals surface area (Å²) in [6, 6.07) is 0. The van der Waals surface area contributed by atoms with Crippen molar-refractivity contribution in [3.63, 3.8) is 0 Å². The molecule has 1 heterocycles. The van der Waals surface area contributed by atoms with Crippen LogP contribution < -0.4 is 5.73 Å². The van der Waals surface area contributed by atoms with Gasteiger partial charge >= 0.3 is 12.1 Å². The number of alkyl halides is 3. The highest BCUT2D eigenvalue weighted by atomic mass is 19.4. The predicted octanol–water partition coefficient (Wildman–Crippen LogP) is 1.26. The van der Waals surface area contributed by atoms with Crippen LogP contribution in [-0.4, -0.2) is 33.7 Å². The molecule has 0 saturated heterocycles. The molecule has 1 aromatic heterocycles. The molecule has 0 aliphatic rings. The van der Waals surface area contributed by atoms with Gasteiger partial charge in [0.2, 0.25) is 0 Å². The van der Waals surface area contributed by atoms with E-state index in [2.05, 4.69) is 10.3 Å². The van der Waals surface area contributed by atoms with E-state index in [0.29, 0.717) is 0 Å². The van der Waals surface area contributed by atoms with Gasteiger partial charge in [-0.15, -0.1) is 5.10 Å². The van der Waals surface area contributed by atoms with Gasteiger partial charge < -0.3 is 10.5 Å². The molecule has 0 radical (unpaired) electrons. The second kappa shape index (κ2) is 6.50. The number of hydrogen-bond acceptors (Lipinski definition) is 5. The van der Waals surface area contributed by atoms with Crippen LogP contribution in [-0.2, 0) is 17.8 Å². The van der Waals surface area contributed by atoms with Crippen molar-refractivity contribution in [3.05, 3.63) is 11.4 Å². The molecule has 0 fully saturated rings. The summed E-state index contributed by atoms with van der Waals surface area (Å²) < 4.78 is 42.1. The minimum atomic E-state index is -4.21. The Morgan fingerprint density at radius 3 is 2.68 bits per heavy atom. The van der Waals surface area contributed by atoms with Crippen molar-refractivity contribution in [2.75, 3.05) is 6.61 Å². The van der Waals surface area contributed by atoms with E-state index in [-0.39, 0.29) is 37.5 Å². The van der Waals surface area contributed by atoms with Crippen molar-refractivity contribution >= 4 is 5.97 Å². The van der Waals surface area contributed by atoms with E-state index < -0.39 is 18.6 Å². The van der Waals surface area contributed by atoms with Crippen molar-refractivity contribution in [1.82, 2.24) is 15.0 Å². The maximum atomic E-state index is 12.0. The van der Waals surface area contributed by atoms with Crippen molar-refractivity contribution in [1.29, 1.82) is 0 Å². The van der Waals surface area contributed by atoms with Gasteiger partial charge in [-0.2, -0.15) is 13.2 Å². The highest BCUT2D eigenvalue weighted by Crippen LogP contribution is 2.21. The molecule has 19 heavy (non-hydrogen) atoms. The first-order chi connectivity index (χ1) is 8.89. The summed E-state index contributed by atoms with van der Waals surface area (Å²) in [6.07, 6.45) is -5.29. The lowest BCUT2D eigenvalue weighted by Crippen LogP contribution is -2.15. The number of aryl methyl sites for hydroxylation is 1. The Kier molecular flexibility index (Phi) is 5.28. The lowest BCUT2D eigenvalue weighted by atomic mass is 10.2. The minimum absolute atomic E-state index is 0.00154. The molecule has 0 saturated carbocycles. The number of carbonyl (C=O) groups excluding carboxylic acids is 1. The number of aromatic nitrogens is 3. The summed E-state index contributed by atoms with van der Waals surface area (Å²) >= 11 is 0. The van der Waals surface area contributed by atoms with Gasteiger partial charge in [-0.3, -0.25) is 0 Å². The SMILES string of the molecule is CCOC(=O)c1nnn(CCCC(F)(F)F)c1CN. The van der Waals surface area contributed by atoms with Gasteiger partial charge in [0.15, 0.2) is 5.69 Å². The maximum Gasteiger partial charge on any atom is 0.389 e. The smallest absolute Gasteiger partial charge is 0.389 e. The van der Waals surface area contributed by atoms with Crippen molar-refractivity contribution in [3.8, 4) is 0 Å². The molecule has 0 amide bonds. The Morgan fingerprint density at radius 2 is 2.16 bits per heavy atom. The Bertz CT molecular complexity index is 431. The second-order valence-electron chi connectivity index (χ2n) is 3.75. The van der Waals surface area contributed by atoms with Gasteiger partial charge in [0.25, 0.3) is 0 Å². The van der Waals surface area contributed by atoms with Crippen LogP contribution in [0.2, 0.25) is 0 Å². The fourth-order valence-corrected chi connectivity index (χ4v) is 1.50. The summed E-state index contributed by atoms with van der Waals surface area (Å²) in [6.45, 7) is 1.75. The zero-order valence-corrected chi connectivity index (χ0v) is 10.4. The Morgan fingerprint density at radius 1 is 1.47 bits per heavy atom. The summed E-state index contributed by atoms with van der Waals surface area (Å²) in [5, 5.41) is 7.23. The Labute approximate surface area is 107 Å². The summed E-state index contributed by atoms with van der Waals surface area (Å²) in [5.41, 5.74) is 5.69. The molecule has 0 spiro atoms. The standard InChI is InChI=1S/C10H15F3N4O2/c1-2-19-9(18)8-7(6-14)17(16-15-8)5-3-4-10(11,12)13/h2-6,14H2,1H3. The number of hydrogen-bond donors (Lipinski definition) is 1. The van der Waals surface area contributed by atoms with Crippen LogP contribution in [0.4, 0.5) is 13.2 Å². The second-order valence-corrected chi connectivity index (χ2v) is 3.75. The molecular weight excluding hydrogens is 265 g/mol. The summed E-state index contributed by atoms with van der Waals surface area (Å²) in [7, 11) is 0. The van der Waals surface area contributed by atoms with Gasteiger partial charge in [0.05, 0.1) is 12.3 Å². The van der Waals surface area contributed by atoms with E-state index in [9.17, 15) is 18.0 Å². The third-order valence-corrected chi connectivity index (χ3v) is 2.33. The average Bonchev–Trinajstić information content (AvgIpc) is 2.70. The molecule has 2 N–H and O–H groups in total. The zero-order valence-electron chi connectivity index (χ0n) is 10.4. The monoisotopic (exact) mass is 280 g/mol. The maximum absolute atomic E-state index is 12.0. The molecule has 9 heteroatoms. The van der Waals surface area contributed by atoms with Crippen LogP contribution in [0.3, 0.4) is 0 Å². The molecular formula is C10H15F3N4O2. The number of rotatable bonds is 6. The fraction of sp³-hybridized carbons (Fsp3) is 0.700. The van der Waals surface area contributed by atoms with Crippen molar-refractivity contribution in [2.45, 2.75) is 39.0 Å². The first-order valence-electron chi connectivity index (χ1n) is 5.75. The molecule has 0 unspecified atom stereocenters. The van der Waals surface area contributed by atoms with Crippen LogP contribution in [0.25, 0.3) is 0 Å². The molecule has 0 atom stereocenters. The van der Waals surface area contributed by atoms with Crippen molar-refractivity contribution in [2.24, 2.45) is 5.73 Å². The average molecular weight is 280 g/mol. The first-order valence-corrected chi connectivity index (χ1v) is 5.75. The van der Waals surface area contributed by atoms with Crippen LogP contribution in [0.15, 0.2) is 0 Å². The lowest BCUT2D eigenvalue weighted by Gasteiger charge is -2.07. The van der Waals surface area contributed by atoms with Crippen LogP contribution in [0.5, 0.6) is 0 Å². The molecule has 0 bridgehead atoms.